The van der Waals surface area contributed by atoms with Gasteiger partial charge in [-0.15, -0.1) is 0 Å². The molecular formula is C13H10F2N2O2. The topological polar surface area (TPSA) is 75.4 Å². The molecule has 0 heterocycles. The van der Waals surface area contributed by atoms with Gasteiger partial charge in [-0.2, -0.15) is 0 Å². The average Bonchev–Trinajstić information content (AvgIpc) is 2.36. The van der Waals surface area contributed by atoms with E-state index in [1.54, 1.807) is 0 Å². The van der Waals surface area contributed by atoms with Gasteiger partial charge >= 0.3 is 5.97 Å². The predicted molar refractivity (Wildman–Crippen MR) is 67.5 cm³/mol. The summed E-state index contributed by atoms with van der Waals surface area (Å²) in [6, 6.07) is 7.52. The summed E-state index contributed by atoms with van der Waals surface area (Å²) in [6.45, 7) is 0. The monoisotopic (exact) mass is 264 g/mol. The minimum absolute atomic E-state index is 0.0512. The van der Waals surface area contributed by atoms with Crippen molar-refractivity contribution in [1.82, 2.24) is 0 Å². The molecule has 0 saturated carbocycles. The van der Waals surface area contributed by atoms with E-state index in [2.05, 4.69) is 5.32 Å². The second-order valence-electron chi connectivity index (χ2n) is 3.83. The van der Waals surface area contributed by atoms with Gasteiger partial charge in [-0.05, 0) is 24.3 Å². The highest BCUT2D eigenvalue weighted by molar-refractivity contribution is 5.98. The van der Waals surface area contributed by atoms with Crippen LogP contribution in [0.3, 0.4) is 0 Å². The number of nitrogens with one attached hydrogen (secondary N) is 1. The van der Waals surface area contributed by atoms with Gasteiger partial charge in [0.2, 0.25) is 0 Å². The van der Waals surface area contributed by atoms with E-state index in [1.165, 1.54) is 24.3 Å². The Hall–Kier alpha value is -2.63. The number of rotatable bonds is 3. The molecule has 0 saturated heterocycles. The third-order valence-corrected chi connectivity index (χ3v) is 2.52. The fraction of sp³-hybridized carbons (Fsp3) is 0. The zero-order valence-electron chi connectivity index (χ0n) is 9.65. The molecule has 2 aromatic rings. The summed E-state index contributed by atoms with van der Waals surface area (Å²) in [5.74, 6) is -3.18. The van der Waals surface area contributed by atoms with Crippen LogP contribution < -0.4 is 11.1 Å². The molecule has 0 aliphatic heterocycles. The Morgan fingerprint density at radius 1 is 1.16 bits per heavy atom. The molecule has 19 heavy (non-hydrogen) atoms. The van der Waals surface area contributed by atoms with Crippen molar-refractivity contribution in [1.29, 1.82) is 0 Å². The number of carboxylic acids is 1. The SMILES string of the molecule is Nc1cccc(C(=O)O)c1Nc1ccc(F)c(F)c1. The van der Waals surface area contributed by atoms with Gasteiger partial charge in [0.15, 0.2) is 11.6 Å². The maximum Gasteiger partial charge on any atom is 0.337 e. The van der Waals surface area contributed by atoms with Crippen molar-refractivity contribution in [2.75, 3.05) is 11.1 Å². The van der Waals surface area contributed by atoms with Crippen molar-refractivity contribution in [3.63, 3.8) is 0 Å². The lowest BCUT2D eigenvalue weighted by atomic mass is 10.1. The molecule has 0 bridgehead atoms. The van der Waals surface area contributed by atoms with Gasteiger partial charge in [-0.1, -0.05) is 6.07 Å². The molecule has 98 valence electrons. The van der Waals surface area contributed by atoms with Crippen LogP contribution in [-0.4, -0.2) is 11.1 Å². The zero-order chi connectivity index (χ0) is 14.0. The Morgan fingerprint density at radius 2 is 1.89 bits per heavy atom. The van der Waals surface area contributed by atoms with Gasteiger partial charge in [0.25, 0.3) is 0 Å². The van der Waals surface area contributed by atoms with E-state index in [0.717, 1.165) is 12.1 Å². The van der Waals surface area contributed by atoms with E-state index >= 15 is 0 Å². The first-order chi connectivity index (χ1) is 8.99. The Balaban J connectivity index is 2.42. The molecule has 0 aliphatic rings. The zero-order valence-corrected chi connectivity index (χ0v) is 9.65. The maximum absolute atomic E-state index is 13.1. The molecule has 0 spiro atoms. The lowest BCUT2D eigenvalue weighted by molar-refractivity contribution is 0.0698. The van der Waals surface area contributed by atoms with Gasteiger partial charge in [0, 0.05) is 11.8 Å². The van der Waals surface area contributed by atoms with Gasteiger partial charge < -0.3 is 16.2 Å². The highest BCUT2D eigenvalue weighted by Gasteiger charge is 2.13. The first-order valence-corrected chi connectivity index (χ1v) is 5.33. The molecule has 0 fully saturated rings. The van der Waals surface area contributed by atoms with E-state index in [1.807, 2.05) is 0 Å². The first kappa shape index (κ1) is 12.8. The fourth-order valence-corrected chi connectivity index (χ4v) is 1.61. The highest BCUT2D eigenvalue weighted by atomic mass is 19.2. The second kappa shape index (κ2) is 4.93. The van der Waals surface area contributed by atoms with Crippen LogP contribution in [0, 0.1) is 11.6 Å². The number of carbonyl (C=O) groups is 1. The van der Waals surface area contributed by atoms with Gasteiger partial charge in [-0.25, -0.2) is 13.6 Å². The number of hydrogen-bond donors (Lipinski definition) is 3. The largest absolute Gasteiger partial charge is 0.478 e. The van der Waals surface area contributed by atoms with Crippen LogP contribution in [0.4, 0.5) is 25.8 Å². The molecule has 0 amide bonds. The molecule has 4 nitrogen and oxygen atoms in total. The number of anilines is 3. The predicted octanol–water partition coefficient (Wildman–Crippen LogP) is 2.99. The standard InChI is InChI=1S/C13H10F2N2O2/c14-9-5-4-7(6-10(9)15)17-12-8(13(18)19)2-1-3-11(12)16/h1-6,17H,16H2,(H,18,19). The Bertz CT molecular complexity index is 645. The second-order valence-corrected chi connectivity index (χ2v) is 3.83. The van der Waals surface area contributed by atoms with E-state index in [4.69, 9.17) is 10.8 Å². The minimum atomic E-state index is -1.17. The third-order valence-electron chi connectivity index (χ3n) is 2.52. The van der Waals surface area contributed by atoms with Crippen molar-refractivity contribution in [3.05, 3.63) is 53.6 Å². The van der Waals surface area contributed by atoms with E-state index in [0.29, 0.717) is 0 Å². The molecule has 0 unspecified atom stereocenters. The van der Waals surface area contributed by atoms with Gasteiger partial charge in [0.1, 0.15) is 0 Å². The smallest absolute Gasteiger partial charge is 0.337 e. The van der Waals surface area contributed by atoms with E-state index in [-0.39, 0.29) is 22.6 Å². The maximum atomic E-state index is 13.1. The van der Waals surface area contributed by atoms with Crippen LogP contribution in [0.1, 0.15) is 10.4 Å². The normalized spacial score (nSPS) is 10.2. The minimum Gasteiger partial charge on any atom is -0.478 e. The summed E-state index contributed by atoms with van der Waals surface area (Å²) in [4.78, 5) is 11.1. The molecule has 2 aromatic carbocycles. The summed E-state index contributed by atoms with van der Waals surface area (Å²) in [7, 11) is 0. The van der Waals surface area contributed by atoms with Crippen LogP contribution in [0.15, 0.2) is 36.4 Å². The Labute approximate surface area is 107 Å². The average molecular weight is 264 g/mol. The fourth-order valence-electron chi connectivity index (χ4n) is 1.61. The van der Waals surface area contributed by atoms with E-state index in [9.17, 15) is 13.6 Å². The number of nitrogens with two attached hydrogens (primary N) is 1. The number of aromatic carboxylic acids is 1. The number of para-hydroxylation sites is 1. The Kier molecular flexibility index (Phi) is 3.33. The number of halogens is 2. The number of hydrogen-bond acceptors (Lipinski definition) is 3. The molecule has 0 atom stereocenters. The number of carboxylic acid groups (broad SMARTS) is 1. The quantitative estimate of drug-likeness (QED) is 0.745. The molecule has 6 heteroatoms. The third kappa shape index (κ3) is 2.62. The molecule has 0 aromatic heterocycles. The summed E-state index contributed by atoms with van der Waals surface area (Å²) in [6.07, 6.45) is 0. The molecule has 4 N–H and O–H groups in total. The van der Waals surface area contributed by atoms with Crippen molar-refractivity contribution in [2.45, 2.75) is 0 Å². The Morgan fingerprint density at radius 3 is 2.53 bits per heavy atom. The van der Waals surface area contributed by atoms with Crippen LogP contribution in [-0.2, 0) is 0 Å². The molecular weight excluding hydrogens is 254 g/mol. The number of nitrogen functional groups attached to an aromatic ring is 1. The van der Waals surface area contributed by atoms with Crippen molar-refractivity contribution < 1.29 is 18.7 Å². The lowest BCUT2D eigenvalue weighted by Crippen LogP contribution is -2.06. The summed E-state index contributed by atoms with van der Waals surface area (Å²) < 4.78 is 25.9. The first-order valence-electron chi connectivity index (χ1n) is 5.33. The molecule has 0 radical (unpaired) electrons. The number of benzene rings is 2. The van der Waals surface area contributed by atoms with Crippen molar-refractivity contribution >= 4 is 23.0 Å². The van der Waals surface area contributed by atoms with Crippen LogP contribution >= 0.6 is 0 Å². The summed E-state index contributed by atoms with van der Waals surface area (Å²) in [5.41, 5.74) is 6.18. The van der Waals surface area contributed by atoms with Crippen LogP contribution in [0.2, 0.25) is 0 Å². The van der Waals surface area contributed by atoms with Crippen LogP contribution in [0.5, 0.6) is 0 Å². The highest BCUT2D eigenvalue weighted by Crippen LogP contribution is 2.28. The van der Waals surface area contributed by atoms with Crippen molar-refractivity contribution in [3.8, 4) is 0 Å². The van der Waals surface area contributed by atoms with E-state index < -0.39 is 17.6 Å². The van der Waals surface area contributed by atoms with Gasteiger partial charge in [-0.3, -0.25) is 0 Å². The van der Waals surface area contributed by atoms with Crippen molar-refractivity contribution in [2.24, 2.45) is 0 Å². The van der Waals surface area contributed by atoms with Gasteiger partial charge in [0.05, 0.1) is 16.9 Å². The summed E-state index contributed by atoms with van der Waals surface area (Å²) in [5, 5.41) is 11.7. The summed E-state index contributed by atoms with van der Waals surface area (Å²) >= 11 is 0. The van der Waals surface area contributed by atoms with Crippen LogP contribution in [0.25, 0.3) is 0 Å². The lowest BCUT2D eigenvalue weighted by Gasteiger charge is -2.12. The molecule has 0 aliphatic carbocycles. The molecule has 2 rings (SSSR count).